The molecular weight excluding hydrogens is 348 g/mol. The SMILES string of the molecule is COC(=O)C(C)Oc1ccc(N(C)c2ccc(Br)cn2)cc1. The van der Waals surface area contributed by atoms with Gasteiger partial charge in [0, 0.05) is 23.4 Å². The van der Waals surface area contributed by atoms with Crippen molar-refractivity contribution in [3.05, 3.63) is 47.1 Å². The van der Waals surface area contributed by atoms with Crippen LogP contribution < -0.4 is 9.64 Å². The Bertz CT molecular complexity index is 629. The zero-order chi connectivity index (χ0) is 16.1. The molecule has 0 bridgehead atoms. The van der Waals surface area contributed by atoms with E-state index in [1.54, 1.807) is 13.1 Å². The van der Waals surface area contributed by atoms with Crippen LogP contribution in [0.15, 0.2) is 47.1 Å². The third-order valence-corrected chi connectivity index (χ3v) is 3.59. The van der Waals surface area contributed by atoms with Gasteiger partial charge in [0.15, 0.2) is 6.10 Å². The van der Waals surface area contributed by atoms with Crippen molar-refractivity contribution in [2.45, 2.75) is 13.0 Å². The van der Waals surface area contributed by atoms with Crippen LogP contribution in [-0.4, -0.2) is 31.2 Å². The van der Waals surface area contributed by atoms with E-state index in [0.717, 1.165) is 16.0 Å². The second-order valence-corrected chi connectivity index (χ2v) is 5.59. The van der Waals surface area contributed by atoms with Crippen LogP contribution in [-0.2, 0) is 9.53 Å². The Kier molecular flexibility index (Phi) is 5.38. The van der Waals surface area contributed by atoms with Gasteiger partial charge in [0.1, 0.15) is 11.6 Å². The van der Waals surface area contributed by atoms with Crippen LogP contribution in [0, 0.1) is 0 Å². The maximum Gasteiger partial charge on any atom is 0.346 e. The van der Waals surface area contributed by atoms with Crippen molar-refractivity contribution < 1.29 is 14.3 Å². The number of anilines is 2. The highest BCUT2D eigenvalue weighted by molar-refractivity contribution is 9.10. The van der Waals surface area contributed by atoms with Crippen LogP contribution in [0.4, 0.5) is 11.5 Å². The fraction of sp³-hybridized carbons (Fsp3) is 0.250. The molecule has 22 heavy (non-hydrogen) atoms. The predicted molar refractivity (Wildman–Crippen MR) is 88.5 cm³/mol. The average Bonchev–Trinajstić information content (AvgIpc) is 2.54. The number of hydrogen-bond acceptors (Lipinski definition) is 5. The molecule has 0 aliphatic heterocycles. The molecular formula is C16H17BrN2O3. The van der Waals surface area contributed by atoms with Crippen LogP contribution in [0.5, 0.6) is 5.75 Å². The van der Waals surface area contributed by atoms with E-state index >= 15 is 0 Å². The lowest BCUT2D eigenvalue weighted by Crippen LogP contribution is -2.24. The van der Waals surface area contributed by atoms with Gasteiger partial charge in [0.05, 0.1) is 7.11 Å². The second-order valence-electron chi connectivity index (χ2n) is 4.67. The lowest BCUT2D eigenvalue weighted by molar-refractivity contribution is -0.147. The Morgan fingerprint density at radius 1 is 1.23 bits per heavy atom. The molecule has 116 valence electrons. The van der Waals surface area contributed by atoms with Crippen LogP contribution in [0.2, 0.25) is 0 Å². The molecule has 0 spiro atoms. The molecule has 1 heterocycles. The lowest BCUT2D eigenvalue weighted by Gasteiger charge is -2.19. The highest BCUT2D eigenvalue weighted by atomic mass is 79.9. The first-order valence-electron chi connectivity index (χ1n) is 6.71. The minimum absolute atomic E-state index is 0.403. The van der Waals surface area contributed by atoms with E-state index < -0.39 is 12.1 Å². The summed E-state index contributed by atoms with van der Waals surface area (Å²) < 4.78 is 11.1. The molecule has 0 fully saturated rings. The zero-order valence-electron chi connectivity index (χ0n) is 12.6. The molecule has 6 heteroatoms. The minimum Gasteiger partial charge on any atom is -0.479 e. The Morgan fingerprint density at radius 3 is 2.45 bits per heavy atom. The quantitative estimate of drug-likeness (QED) is 0.759. The zero-order valence-corrected chi connectivity index (χ0v) is 14.2. The molecule has 0 amide bonds. The Labute approximate surface area is 138 Å². The topological polar surface area (TPSA) is 51.7 Å². The third kappa shape index (κ3) is 3.98. The van der Waals surface area contributed by atoms with Gasteiger partial charge in [-0.3, -0.25) is 0 Å². The van der Waals surface area contributed by atoms with E-state index in [9.17, 15) is 4.79 Å². The number of nitrogens with zero attached hydrogens (tertiary/aromatic N) is 2. The van der Waals surface area contributed by atoms with Gasteiger partial charge in [-0.2, -0.15) is 0 Å². The maximum atomic E-state index is 11.3. The van der Waals surface area contributed by atoms with Crippen molar-refractivity contribution in [1.29, 1.82) is 0 Å². The Hall–Kier alpha value is -2.08. The number of carbonyl (C=O) groups excluding carboxylic acids is 1. The number of methoxy groups -OCH3 is 1. The molecule has 0 radical (unpaired) electrons. The number of hydrogen-bond donors (Lipinski definition) is 0. The monoisotopic (exact) mass is 364 g/mol. The first-order chi connectivity index (χ1) is 10.5. The number of esters is 1. The molecule has 5 nitrogen and oxygen atoms in total. The van der Waals surface area contributed by atoms with Gasteiger partial charge < -0.3 is 14.4 Å². The Balaban J connectivity index is 2.08. The first-order valence-corrected chi connectivity index (χ1v) is 7.50. The van der Waals surface area contributed by atoms with Gasteiger partial charge in [-0.05, 0) is 59.3 Å². The van der Waals surface area contributed by atoms with E-state index in [1.807, 2.05) is 48.3 Å². The van der Waals surface area contributed by atoms with Gasteiger partial charge in [0.25, 0.3) is 0 Å². The summed E-state index contributed by atoms with van der Waals surface area (Å²) in [5.74, 6) is 1.04. The number of pyridine rings is 1. The lowest BCUT2D eigenvalue weighted by atomic mass is 10.2. The van der Waals surface area contributed by atoms with Crippen molar-refractivity contribution in [3.63, 3.8) is 0 Å². The van der Waals surface area contributed by atoms with Crippen LogP contribution in [0.25, 0.3) is 0 Å². The maximum absolute atomic E-state index is 11.3. The molecule has 0 saturated carbocycles. The summed E-state index contributed by atoms with van der Waals surface area (Å²) >= 11 is 3.37. The van der Waals surface area contributed by atoms with Gasteiger partial charge in [-0.1, -0.05) is 0 Å². The van der Waals surface area contributed by atoms with Crippen LogP contribution in [0.3, 0.4) is 0 Å². The molecule has 1 atom stereocenters. The summed E-state index contributed by atoms with van der Waals surface area (Å²) in [6, 6.07) is 11.3. The van der Waals surface area contributed by atoms with Crippen molar-refractivity contribution in [3.8, 4) is 5.75 Å². The average molecular weight is 365 g/mol. The van der Waals surface area contributed by atoms with Crippen LogP contribution >= 0.6 is 15.9 Å². The summed E-state index contributed by atoms with van der Waals surface area (Å²) in [7, 11) is 3.27. The second kappa shape index (κ2) is 7.26. The van der Waals surface area contributed by atoms with E-state index in [2.05, 4.69) is 25.7 Å². The summed E-state index contributed by atoms with van der Waals surface area (Å²) in [5, 5.41) is 0. The smallest absolute Gasteiger partial charge is 0.346 e. The largest absolute Gasteiger partial charge is 0.479 e. The van der Waals surface area contributed by atoms with Gasteiger partial charge in [-0.25, -0.2) is 9.78 Å². The third-order valence-electron chi connectivity index (χ3n) is 3.13. The summed E-state index contributed by atoms with van der Waals surface area (Å²) in [6.07, 6.45) is 1.11. The van der Waals surface area contributed by atoms with Gasteiger partial charge >= 0.3 is 5.97 Å². The van der Waals surface area contributed by atoms with E-state index in [4.69, 9.17) is 4.74 Å². The molecule has 0 N–H and O–H groups in total. The number of ether oxygens (including phenoxy) is 2. The molecule has 1 unspecified atom stereocenters. The summed E-state index contributed by atoms with van der Waals surface area (Å²) in [4.78, 5) is 17.6. The van der Waals surface area contributed by atoms with E-state index in [-0.39, 0.29) is 0 Å². The number of rotatable bonds is 5. The fourth-order valence-electron chi connectivity index (χ4n) is 1.87. The van der Waals surface area contributed by atoms with Gasteiger partial charge in [-0.15, -0.1) is 0 Å². The molecule has 2 rings (SSSR count). The number of benzene rings is 1. The highest BCUT2D eigenvalue weighted by Gasteiger charge is 2.14. The predicted octanol–water partition coefficient (Wildman–Crippen LogP) is 3.55. The fourth-order valence-corrected chi connectivity index (χ4v) is 2.10. The van der Waals surface area contributed by atoms with E-state index in [0.29, 0.717) is 5.75 Å². The standard InChI is InChI=1S/C16H17BrN2O3/c1-11(16(20)21-3)22-14-7-5-13(6-8-14)19(2)15-9-4-12(17)10-18-15/h4-11H,1-3H3. The molecule has 2 aromatic rings. The van der Waals surface area contributed by atoms with Crippen molar-refractivity contribution in [1.82, 2.24) is 4.98 Å². The molecule has 0 saturated heterocycles. The molecule has 1 aromatic heterocycles. The van der Waals surface area contributed by atoms with Crippen molar-refractivity contribution in [2.75, 3.05) is 19.1 Å². The van der Waals surface area contributed by atoms with Crippen molar-refractivity contribution in [2.24, 2.45) is 0 Å². The van der Waals surface area contributed by atoms with Crippen LogP contribution in [0.1, 0.15) is 6.92 Å². The highest BCUT2D eigenvalue weighted by Crippen LogP contribution is 2.25. The normalized spacial score (nSPS) is 11.6. The number of aromatic nitrogens is 1. The first kappa shape index (κ1) is 16.3. The summed E-state index contributed by atoms with van der Waals surface area (Å²) in [6.45, 7) is 1.65. The number of halogens is 1. The summed E-state index contributed by atoms with van der Waals surface area (Å²) in [5.41, 5.74) is 0.966. The van der Waals surface area contributed by atoms with Crippen molar-refractivity contribution >= 4 is 33.4 Å². The van der Waals surface area contributed by atoms with Gasteiger partial charge in [0.2, 0.25) is 0 Å². The minimum atomic E-state index is -0.637. The number of carbonyl (C=O) groups is 1. The molecule has 0 aliphatic rings. The Morgan fingerprint density at radius 2 is 1.91 bits per heavy atom. The van der Waals surface area contributed by atoms with E-state index in [1.165, 1.54) is 7.11 Å². The molecule has 1 aromatic carbocycles. The molecule has 0 aliphatic carbocycles.